The minimum absolute atomic E-state index is 0.0397. The van der Waals surface area contributed by atoms with Gasteiger partial charge in [-0.1, -0.05) is 18.6 Å². The van der Waals surface area contributed by atoms with Crippen molar-refractivity contribution in [1.82, 2.24) is 10.6 Å². The fourth-order valence-corrected chi connectivity index (χ4v) is 3.15. The highest BCUT2D eigenvalue weighted by Crippen LogP contribution is 2.34. The van der Waals surface area contributed by atoms with Crippen molar-refractivity contribution in [3.63, 3.8) is 0 Å². The maximum Gasteiger partial charge on any atom is 0.315 e. The minimum Gasteiger partial charge on any atom is -0.396 e. The molecule has 1 aromatic rings. The molecule has 22 heavy (non-hydrogen) atoms. The highest BCUT2D eigenvalue weighted by Gasteiger charge is 2.29. The Labute approximate surface area is 131 Å². The summed E-state index contributed by atoms with van der Waals surface area (Å²) in [6.07, 6.45) is 4.46. The Hall–Kier alpha value is -1.62. The van der Waals surface area contributed by atoms with Gasteiger partial charge in [0, 0.05) is 24.6 Å². The van der Waals surface area contributed by atoms with E-state index in [0.717, 1.165) is 31.2 Å². The van der Waals surface area contributed by atoms with Gasteiger partial charge in [0.15, 0.2) is 0 Å². The molecule has 1 aliphatic carbocycles. The third-order valence-corrected chi connectivity index (χ3v) is 4.30. The quantitative estimate of drug-likeness (QED) is 0.756. The van der Waals surface area contributed by atoms with Gasteiger partial charge < -0.3 is 15.7 Å². The first-order valence-electron chi connectivity index (χ1n) is 8.03. The van der Waals surface area contributed by atoms with Crippen molar-refractivity contribution in [1.29, 1.82) is 0 Å². The van der Waals surface area contributed by atoms with Crippen LogP contribution in [0.25, 0.3) is 0 Å². The van der Waals surface area contributed by atoms with Crippen LogP contribution in [0.4, 0.5) is 9.18 Å². The monoisotopic (exact) mass is 308 g/mol. The lowest BCUT2D eigenvalue weighted by atomic mass is 9.94. The van der Waals surface area contributed by atoms with E-state index >= 15 is 0 Å². The fourth-order valence-electron chi connectivity index (χ4n) is 3.15. The van der Waals surface area contributed by atoms with E-state index in [1.54, 1.807) is 0 Å². The first-order chi connectivity index (χ1) is 10.6. The van der Waals surface area contributed by atoms with Crippen molar-refractivity contribution in [2.75, 3.05) is 6.61 Å². The number of carbonyl (C=O) groups excluding carboxylic acids is 1. The SMILES string of the molecule is CC(CCCO)NC(=O)NC1CCCC1c1ccc(F)cc1. The summed E-state index contributed by atoms with van der Waals surface area (Å²) >= 11 is 0. The lowest BCUT2D eigenvalue weighted by Crippen LogP contribution is -2.46. The van der Waals surface area contributed by atoms with Crippen LogP contribution in [-0.4, -0.2) is 29.8 Å². The summed E-state index contributed by atoms with van der Waals surface area (Å²) in [6.45, 7) is 2.07. The molecule has 0 aliphatic heterocycles. The van der Waals surface area contributed by atoms with Gasteiger partial charge >= 0.3 is 6.03 Å². The molecule has 0 heterocycles. The lowest BCUT2D eigenvalue weighted by molar-refractivity contribution is 0.229. The molecule has 2 amide bonds. The second-order valence-electron chi connectivity index (χ2n) is 6.08. The zero-order chi connectivity index (χ0) is 15.9. The van der Waals surface area contributed by atoms with Crippen LogP contribution in [0.1, 0.15) is 50.5 Å². The number of carbonyl (C=O) groups is 1. The Morgan fingerprint density at radius 1 is 1.36 bits per heavy atom. The zero-order valence-electron chi connectivity index (χ0n) is 13.0. The number of aliphatic hydroxyl groups excluding tert-OH is 1. The van der Waals surface area contributed by atoms with Crippen LogP contribution in [0.15, 0.2) is 24.3 Å². The van der Waals surface area contributed by atoms with Gasteiger partial charge in [0.1, 0.15) is 5.82 Å². The largest absolute Gasteiger partial charge is 0.396 e. The molecule has 1 aromatic carbocycles. The number of rotatable bonds is 6. The van der Waals surface area contributed by atoms with Crippen molar-refractivity contribution in [3.05, 3.63) is 35.6 Å². The molecule has 122 valence electrons. The summed E-state index contributed by atoms with van der Waals surface area (Å²) in [6, 6.07) is 6.53. The summed E-state index contributed by atoms with van der Waals surface area (Å²) < 4.78 is 13.0. The van der Waals surface area contributed by atoms with Crippen LogP contribution in [0.3, 0.4) is 0 Å². The number of benzene rings is 1. The molecule has 1 aliphatic rings. The fraction of sp³-hybridized carbons (Fsp3) is 0.588. The summed E-state index contributed by atoms with van der Waals surface area (Å²) in [5.41, 5.74) is 1.08. The van der Waals surface area contributed by atoms with Crippen LogP contribution in [0.5, 0.6) is 0 Å². The van der Waals surface area contributed by atoms with Crippen molar-refractivity contribution in [2.24, 2.45) is 0 Å². The molecular formula is C17H25FN2O2. The van der Waals surface area contributed by atoms with Gasteiger partial charge in [-0.05, 0) is 50.3 Å². The molecule has 0 spiro atoms. The molecular weight excluding hydrogens is 283 g/mol. The van der Waals surface area contributed by atoms with E-state index in [-0.39, 0.29) is 36.5 Å². The van der Waals surface area contributed by atoms with Crippen molar-refractivity contribution >= 4 is 6.03 Å². The third-order valence-electron chi connectivity index (χ3n) is 4.30. The average Bonchev–Trinajstić information content (AvgIpc) is 2.93. The zero-order valence-corrected chi connectivity index (χ0v) is 13.0. The Bertz CT molecular complexity index is 478. The Morgan fingerprint density at radius 3 is 2.77 bits per heavy atom. The molecule has 4 nitrogen and oxygen atoms in total. The van der Waals surface area contributed by atoms with E-state index in [9.17, 15) is 9.18 Å². The normalized spacial score (nSPS) is 22.3. The van der Waals surface area contributed by atoms with Crippen LogP contribution in [0.2, 0.25) is 0 Å². The second-order valence-corrected chi connectivity index (χ2v) is 6.08. The predicted octanol–water partition coefficient (Wildman–Crippen LogP) is 2.92. The molecule has 5 heteroatoms. The molecule has 0 bridgehead atoms. The number of halogens is 1. The van der Waals surface area contributed by atoms with Gasteiger partial charge in [0.25, 0.3) is 0 Å². The van der Waals surface area contributed by atoms with E-state index in [1.807, 2.05) is 19.1 Å². The number of urea groups is 1. The molecule has 3 N–H and O–H groups in total. The van der Waals surface area contributed by atoms with Gasteiger partial charge in [-0.25, -0.2) is 9.18 Å². The number of hydrogen-bond acceptors (Lipinski definition) is 2. The van der Waals surface area contributed by atoms with Gasteiger partial charge in [-0.2, -0.15) is 0 Å². The van der Waals surface area contributed by atoms with Gasteiger partial charge in [0.2, 0.25) is 0 Å². The van der Waals surface area contributed by atoms with E-state index in [1.165, 1.54) is 12.1 Å². The molecule has 0 saturated heterocycles. The Kier molecular flexibility index (Phi) is 6.19. The summed E-state index contributed by atoms with van der Waals surface area (Å²) in [5, 5.41) is 14.7. The number of aliphatic hydroxyl groups is 1. The van der Waals surface area contributed by atoms with Crippen molar-refractivity contribution in [2.45, 2.75) is 57.0 Å². The van der Waals surface area contributed by atoms with Crippen LogP contribution in [0, 0.1) is 5.82 Å². The summed E-state index contributed by atoms with van der Waals surface area (Å²) in [7, 11) is 0. The van der Waals surface area contributed by atoms with E-state index in [0.29, 0.717) is 6.42 Å². The van der Waals surface area contributed by atoms with E-state index in [4.69, 9.17) is 5.11 Å². The minimum atomic E-state index is -0.235. The first-order valence-corrected chi connectivity index (χ1v) is 8.03. The summed E-state index contributed by atoms with van der Waals surface area (Å²) in [5.74, 6) is 0.0146. The molecule has 1 fully saturated rings. The molecule has 1 saturated carbocycles. The molecule has 2 rings (SSSR count). The number of amides is 2. The van der Waals surface area contributed by atoms with Crippen molar-refractivity contribution < 1.29 is 14.3 Å². The predicted molar refractivity (Wildman–Crippen MR) is 84.2 cm³/mol. The highest BCUT2D eigenvalue weighted by molar-refractivity contribution is 5.74. The topological polar surface area (TPSA) is 61.4 Å². The molecule has 0 aromatic heterocycles. The van der Waals surface area contributed by atoms with Gasteiger partial charge in [-0.15, -0.1) is 0 Å². The smallest absolute Gasteiger partial charge is 0.315 e. The van der Waals surface area contributed by atoms with Crippen LogP contribution < -0.4 is 10.6 Å². The molecule has 3 unspecified atom stereocenters. The molecule has 3 atom stereocenters. The second kappa shape index (κ2) is 8.13. The Morgan fingerprint density at radius 2 is 2.09 bits per heavy atom. The number of hydrogen-bond donors (Lipinski definition) is 3. The van der Waals surface area contributed by atoms with Gasteiger partial charge in [-0.3, -0.25) is 0 Å². The first kappa shape index (κ1) is 16.7. The maximum absolute atomic E-state index is 13.0. The van der Waals surface area contributed by atoms with Gasteiger partial charge in [0.05, 0.1) is 0 Å². The Balaban J connectivity index is 1.88. The van der Waals surface area contributed by atoms with Crippen LogP contribution in [-0.2, 0) is 0 Å². The number of nitrogens with one attached hydrogen (secondary N) is 2. The average molecular weight is 308 g/mol. The van der Waals surface area contributed by atoms with Crippen LogP contribution >= 0.6 is 0 Å². The summed E-state index contributed by atoms with van der Waals surface area (Å²) in [4.78, 5) is 12.1. The third kappa shape index (κ3) is 4.70. The maximum atomic E-state index is 13.0. The lowest BCUT2D eigenvalue weighted by Gasteiger charge is -2.23. The van der Waals surface area contributed by atoms with E-state index in [2.05, 4.69) is 10.6 Å². The van der Waals surface area contributed by atoms with Crippen molar-refractivity contribution in [3.8, 4) is 0 Å². The highest BCUT2D eigenvalue weighted by atomic mass is 19.1. The standard InChI is InChI=1S/C17H25FN2O2/c1-12(4-3-11-21)19-17(22)20-16-6-2-5-15(16)13-7-9-14(18)10-8-13/h7-10,12,15-16,21H,2-6,11H2,1H3,(H2,19,20,22). The van der Waals surface area contributed by atoms with E-state index < -0.39 is 0 Å². The molecule has 0 radical (unpaired) electrons.